The topological polar surface area (TPSA) is 37.8 Å². The van der Waals surface area contributed by atoms with Crippen LogP contribution in [0.3, 0.4) is 0 Å². The standard InChI is InChI=1S/C17H10F6N2O/c18-16(19,20)7-25-11-3-1-2-8(11)14-12(25)5-4-10-15(14)9(17(21,22)23)6-13(26)24-10/h2-6H,1,7H2,(H,24,26). The highest BCUT2D eigenvalue weighted by atomic mass is 19.4. The lowest BCUT2D eigenvalue weighted by Gasteiger charge is -2.13. The summed E-state index contributed by atoms with van der Waals surface area (Å²) in [6.07, 6.45) is -5.87. The van der Waals surface area contributed by atoms with E-state index in [2.05, 4.69) is 4.98 Å². The number of pyridine rings is 1. The fraction of sp³-hybridized carbons (Fsp3) is 0.235. The third-order valence-electron chi connectivity index (χ3n) is 4.39. The van der Waals surface area contributed by atoms with Gasteiger partial charge in [0.25, 0.3) is 0 Å². The number of hydrogen-bond acceptors (Lipinski definition) is 1. The predicted octanol–water partition coefficient (Wildman–Crippen LogP) is 3.03. The number of rotatable bonds is 1. The smallest absolute Gasteiger partial charge is 0.332 e. The maximum atomic E-state index is 13.5. The molecule has 1 aromatic carbocycles. The van der Waals surface area contributed by atoms with Crippen LogP contribution in [0.1, 0.15) is 12.0 Å². The summed E-state index contributed by atoms with van der Waals surface area (Å²) in [6.45, 7) is -1.31. The van der Waals surface area contributed by atoms with E-state index < -0.39 is 30.0 Å². The molecule has 1 N–H and O–H groups in total. The molecule has 26 heavy (non-hydrogen) atoms. The monoisotopic (exact) mass is 372 g/mol. The molecule has 0 saturated carbocycles. The number of nitrogens with zero attached hydrogens (tertiary/aromatic N) is 1. The van der Waals surface area contributed by atoms with Gasteiger partial charge in [-0.05, 0) is 18.6 Å². The first-order valence-electron chi connectivity index (χ1n) is 7.59. The molecular formula is C17H10F6N2O. The highest BCUT2D eigenvalue weighted by Crippen LogP contribution is 2.36. The first kappa shape index (κ1) is 16.7. The van der Waals surface area contributed by atoms with Gasteiger partial charge in [-0.2, -0.15) is 26.3 Å². The Kier molecular flexibility index (Phi) is 3.32. The number of nitrogens with one attached hydrogen (secondary N) is 1. The number of aromatic amines is 1. The Morgan fingerprint density at radius 3 is 2.42 bits per heavy atom. The Labute approximate surface area is 140 Å². The molecule has 4 rings (SSSR count). The summed E-state index contributed by atoms with van der Waals surface area (Å²) in [6, 6.07) is 2.95. The largest absolute Gasteiger partial charge is 0.417 e. The van der Waals surface area contributed by atoms with Crippen LogP contribution < -0.4 is 16.1 Å². The molecule has 0 saturated heterocycles. The zero-order valence-electron chi connectivity index (χ0n) is 12.9. The van der Waals surface area contributed by atoms with Gasteiger partial charge in [-0.25, -0.2) is 0 Å². The van der Waals surface area contributed by atoms with Gasteiger partial charge in [0.1, 0.15) is 6.54 Å². The zero-order valence-corrected chi connectivity index (χ0v) is 12.9. The van der Waals surface area contributed by atoms with Crippen molar-refractivity contribution in [3.63, 3.8) is 0 Å². The van der Waals surface area contributed by atoms with Crippen molar-refractivity contribution in [2.75, 3.05) is 0 Å². The zero-order chi connectivity index (χ0) is 18.9. The van der Waals surface area contributed by atoms with E-state index in [9.17, 15) is 31.1 Å². The fourth-order valence-electron chi connectivity index (χ4n) is 3.54. The van der Waals surface area contributed by atoms with E-state index in [1.165, 1.54) is 12.1 Å². The summed E-state index contributed by atoms with van der Waals surface area (Å²) in [5.74, 6) is 0. The van der Waals surface area contributed by atoms with Crippen molar-refractivity contribution in [3.05, 3.63) is 44.7 Å². The molecule has 3 aromatic rings. The quantitative estimate of drug-likeness (QED) is 0.656. The molecule has 0 aliphatic heterocycles. The summed E-state index contributed by atoms with van der Waals surface area (Å²) >= 11 is 0. The van der Waals surface area contributed by atoms with Gasteiger partial charge >= 0.3 is 12.4 Å². The lowest BCUT2D eigenvalue weighted by molar-refractivity contribution is -0.140. The van der Waals surface area contributed by atoms with Crippen LogP contribution in [-0.4, -0.2) is 15.7 Å². The molecule has 2 heterocycles. The van der Waals surface area contributed by atoms with E-state index in [0.29, 0.717) is 17.7 Å². The van der Waals surface area contributed by atoms with E-state index in [1.54, 1.807) is 12.2 Å². The van der Waals surface area contributed by atoms with Gasteiger partial charge in [0.05, 0.1) is 11.1 Å². The number of hydrogen-bond donors (Lipinski definition) is 1. The van der Waals surface area contributed by atoms with E-state index in [0.717, 1.165) is 4.57 Å². The lowest BCUT2D eigenvalue weighted by atomic mass is 10.0. The van der Waals surface area contributed by atoms with Gasteiger partial charge in [-0.3, -0.25) is 4.79 Å². The summed E-state index contributed by atoms with van der Waals surface area (Å²) in [5, 5.41) is 0.342. The highest BCUT2D eigenvalue weighted by molar-refractivity contribution is 6.08. The van der Waals surface area contributed by atoms with Crippen molar-refractivity contribution >= 4 is 34.0 Å². The molecule has 2 aromatic heterocycles. The van der Waals surface area contributed by atoms with Crippen LogP contribution in [0, 0.1) is 0 Å². The van der Waals surface area contributed by atoms with Crippen molar-refractivity contribution in [3.8, 4) is 0 Å². The van der Waals surface area contributed by atoms with Gasteiger partial charge in [0.2, 0.25) is 5.56 Å². The minimum absolute atomic E-state index is 0.0459. The van der Waals surface area contributed by atoms with Crippen LogP contribution in [-0.2, 0) is 12.7 Å². The fourth-order valence-corrected chi connectivity index (χ4v) is 3.54. The first-order valence-corrected chi connectivity index (χ1v) is 7.59. The van der Waals surface area contributed by atoms with Crippen molar-refractivity contribution < 1.29 is 26.3 Å². The van der Waals surface area contributed by atoms with E-state index >= 15 is 0 Å². The van der Waals surface area contributed by atoms with E-state index in [4.69, 9.17) is 0 Å². The van der Waals surface area contributed by atoms with Gasteiger partial charge < -0.3 is 9.55 Å². The molecule has 0 bridgehead atoms. The number of H-pyrrole nitrogens is 1. The molecule has 0 spiro atoms. The van der Waals surface area contributed by atoms with Gasteiger partial charge in [-0.15, -0.1) is 0 Å². The number of aromatic nitrogens is 2. The summed E-state index contributed by atoms with van der Waals surface area (Å²) in [4.78, 5) is 13.9. The third-order valence-corrected chi connectivity index (χ3v) is 4.39. The number of benzene rings is 1. The Morgan fingerprint density at radius 2 is 1.77 bits per heavy atom. The molecule has 0 fully saturated rings. The maximum Gasteiger partial charge on any atom is 0.417 e. The minimum Gasteiger partial charge on any atom is -0.332 e. The van der Waals surface area contributed by atoms with Crippen LogP contribution in [0.4, 0.5) is 26.3 Å². The van der Waals surface area contributed by atoms with Crippen molar-refractivity contribution in [1.82, 2.24) is 9.55 Å². The summed E-state index contributed by atoms with van der Waals surface area (Å²) < 4.78 is 80.4. The van der Waals surface area contributed by atoms with Gasteiger partial charge in [0.15, 0.2) is 0 Å². The van der Waals surface area contributed by atoms with Crippen molar-refractivity contribution in [1.29, 1.82) is 0 Å². The molecule has 1 aliphatic rings. The van der Waals surface area contributed by atoms with E-state index in [-0.39, 0.29) is 27.2 Å². The Bertz CT molecular complexity index is 1230. The molecule has 0 unspecified atom stereocenters. The Morgan fingerprint density at radius 1 is 1.04 bits per heavy atom. The average molecular weight is 372 g/mol. The van der Waals surface area contributed by atoms with Crippen LogP contribution in [0.25, 0.3) is 34.0 Å². The molecule has 0 amide bonds. The van der Waals surface area contributed by atoms with Crippen LogP contribution in [0.5, 0.6) is 0 Å². The van der Waals surface area contributed by atoms with Crippen molar-refractivity contribution in [2.45, 2.75) is 25.3 Å². The summed E-state index contributed by atoms with van der Waals surface area (Å²) in [5.41, 5.74) is -2.10. The highest BCUT2D eigenvalue weighted by Gasteiger charge is 2.35. The summed E-state index contributed by atoms with van der Waals surface area (Å²) in [7, 11) is 0. The molecule has 9 heteroatoms. The number of alkyl halides is 6. The predicted molar refractivity (Wildman–Crippen MR) is 83.9 cm³/mol. The second-order valence-corrected chi connectivity index (χ2v) is 6.07. The second-order valence-electron chi connectivity index (χ2n) is 6.07. The molecule has 0 radical (unpaired) electrons. The molecule has 0 atom stereocenters. The van der Waals surface area contributed by atoms with Gasteiger partial charge in [0, 0.05) is 32.9 Å². The average Bonchev–Trinajstić information content (AvgIpc) is 3.06. The molecule has 1 aliphatic carbocycles. The molecular weight excluding hydrogens is 362 g/mol. The normalized spacial score (nSPS) is 14.5. The first-order chi connectivity index (χ1) is 12.1. The second kappa shape index (κ2) is 5.15. The SMILES string of the molecule is O=c1cc(C(F)(F)F)c2c(ccc3c2c2c(n3CC(F)(F)F)=CCC=2)[nH]1. The third kappa shape index (κ3) is 2.49. The Balaban J connectivity index is 2.25. The lowest BCUT2D eigenvalue weighted by Crippen LogP contribution is -2.31. The number of fused-ring (bicyclic) bond motifs is 5. The van der Waals surface area contributed by atoms with E-state index in [1.807, 2.05) is 0 Å². The molecule has 136 valence electrons. The van der Waals surface area contributed by atoms with Crippen LogP contribution in [0.2, 0.25) is 0 Å². The maximum absolute atomic E-state index is 13.5. The van der Waals surface area contributed by atoms with Crippen LogP contribution >= 0.6 is 0 Å². The molecule has 3 nitrogen and oxygen atoms in total. The number of halogens is 6. The Hall–Kier alpha value is -2.71. The van der Waals surface area contributed by atoms with Gasteiger partial charge in [-0.1, -0.05) is 12.2 Å². The minimum atomic E-state index is -4.82. The van der Waals surface area contributed by atoms with Crippen molar-refractivity contribution in [2.24, 2.45) is 0 Å². The van der Waals surface area contributed by atoms with Crippen LogP contribution in [0.15, 0.2) is 23.0 Å².